The Hall–Kier alpha value is -1.83. The smallest absolute Gasteiger partial charge is 0.328 e. The van der Waals surface area contributed by atoms with Crippen molar-refractivity contribution in [2.24, 2.45) is 0 Å². The Balaban J connectivity index is 2.37. The first-order valence-electron chi connectivity index (χ1n) is 4.47. The molecule has 0 aromatic heterocycles. The van der Waals surface area contributed by atoms with Crippen molar-refractivity contribution in [3.05, 3.63) is 47.0 Å². The minimum Gasteiger partial charge on any atom is -0.478 e. The van der Waals surface area contributed by atoms with Gasteiger partial charge in [-0.25, -0.2) is 4.79 Å². The molecule has 0 saturated carbocycles. The summed E-state index contributed by atoms with van der Waals surface area (Å²) in [5, 5.41) is 8.52. The lowest BCUT2D eigenvalue weighted by molar-refractivity contribution is -0.131. The molecule has 2 heteroatoms. The fourth-order valence-electron chi connectivity index (χ4n) is 1.64. The summed E-state index contributed by atoms with van der Waals surface area (Å²) in [6, 6.07) is 5.91. The fourth-order valence-corrected chi connectivity index (χ4v) is 1.64. The third kappa shape index (κ3) is 1.59. The number of fused-ring (bicyclic) bond motifs is 1. The Morgan fingerprint density at radius 1 is 1.43 bits per heavy atom. The van der Waals surface area contributed by atoms with Crippen molar-refractivity contribution in [2.75, 3.05) is 0 Å². The van der Waals surface area contributed by atoms with Crippen LogP contribution in [0.4, 0.5) is 0 Å². The summed E-state index contributed by atoms with van der Waals surface area (Å²) in [5.74, 6) is -0.909. The number of rotatable bonds is 2. The van der Waals surface area contributed by atoms with Gasteiger partial charge in [-0.2, -0.15) is 0 Å². The maximum absolute atomic E-state index is 10.4. The molecule has 1 aliphatic rings. The zero-order chi connectivity index (χ0) is 9.97. The van der Waals surface area contributed by atoms with E-state index < -0.39 is 5.97 Å². The number of carboxylic acid groups (broad SMARTS) is 1. The predicted molar refractivity (Wildman–Crippen MR) is 55.8 cm³/mol. The minimum atomic E-state index is -0.909. The minimum absolute atomic E-state index is 0.898. The van der Waals surface area contributed by atoms with Gasteiger partial charge in [0.15, 0.2) is 0 Å². The maximum Gasteiger partial charge on any atom is 0.328 e. The molecule has 1 aromatic rings. The van der Waals surface area contributed by atoms with Crippen molar-refractivity contribution in [1.29, 1.82) is 0 Å². The molecule has 0 atom stereocenters. The van der Waals surface area contributed by atoms with Crippen LogP contribution in [-0.2, 0) is 11.2 Å². The highest BCUT2D eigenvalue weighted by molar-refractivity contribution is 5.86. The van der Waals surface area contributed by atoms with Gasteiger partial charge in [0, 0.05) is 6.08 Å². The number of benzene rings is 1. The predicted octanol–water partition coefficient (Wildman–Crippen LogP) is 2.35. The molecule has 0 unspecified atom stereocenters. The molecular weight excluding hydrogens is 176 g/mol. The van der Waals surface area contributed by atoms with Crippen LogP contribution in [0, 0.1) is 0 Å². The number of hydrogen-bond donors (Lipinski definition) is 1. The van der Waals surface area contributed by atoms with Crippen molar-refractivity contribution in [3.8, 4) is 0 Å². The van der Waals surface area contributed by atoms with E-state index in [4.69, 9.17) is 5.11 Å². The topological polar surface area (TPSA) is 37.3 Å². The molecule has 2 nitrogen and oxygen atoms in total. The zero-order valence-electron chi connectivity index (χ0n) is 7.60. The maximum atomic E-state index is 10.4. The average Bonchev–Trinajstić information content (AvgIpc) is 2.62. The van der Waals surface area contributed by atoms with Crippen LogP contribution in [-0.4, -0.2) is 11.1 Å². The van der Waals surface area contributed by atoms with Crippen LogP contribution in [0.15, 0.2) is 30.4 Å². The number of carboxylic acids is 1. The molecule has 0 radical (unpaired) electrons. The van der Waals surface area contributed by atoms with Crippen LogP contribution in [0.3, 0.4) is 0 Å². The van der Waals surface area contributed by atoms with Crippen molar-refractivity contribution in [2.45, 2.75) is 6.42 Å². The lowest BCUT2D eigenvalue weighted by Gasteiger charge is -2.02. The molecule has 2 rings (SSSR count). The van der Waals surface area contributed by atoms with Gasteiger partial charge in [-0.15, -0.1) is 0 Å². The number of aliphatic carboxylic acids is 1. The Labute approximate surface area is 82.2 Å². The van der Waals surface area contributed by atoms with E-state index in [2.05, 4.69) is 12.2 Å². The molecule has 0 saturated heterocycles. The van der Waals surface area contributed by atoms with Crippen LogP contribution < -0.4 is 0 Å². The lowest BCUT2D eigenvalue weighted by atomic mass is 10.0. The third-order valence-electron chi connectivity index (χ3n) is 2.27. The highest BCUT2D eigenvalue weighted by Crippen LogP contribution is 2.23. The Bertz CT molecular complexity index is 428. The summed E-state index contributed by atoms with van der Waals surface area (Å²) in [4.78, 5) is 10.4. The normalized spacial score (nSPS) is 13.4. The van der Waals surface area contributed by atoms with E-state index in [9.17, 15) is 4.79 Å². The number of carbonyl (C=O) groups is 1. The first-order valence-corrected chi connectivity index (χ1v) is 4.47. The van der Waals surface area contributed by atoms with Crippen LogP contribution in [0.2, 0.25) is 0 Å². The first kappa shape index (κ1) is 8.75. The van der Waals surface area contributed by atoms with Gasteiger partial charge in [0.1, 0.15) is 0 Å². The Kier molecular flexibility index (Phi) is 2.19. The standard InChI is InChI=1S/C12H10O2/c13-12(14)8-7-10-4-1-3-9-5-2-6-11(9)10/h1-5,7-8H,6H2,(H,13,14)/b8-7+. The summed E-state index contributed by atoms with van der Waals surface area (Å²) < 4.78 is 0. The number of hydrogen-bond acceptors (Lipinski definition) is 1. The second kappa shape index (κ2) is 3.50. The molecule has 14 heavy (non-hydrogen) atoms. The van der Waals surface area contributed by atoms with Gasteiger partial charge in [0.25, 0.3) is 0 Å². The summed E-state index contributed by atoms with van der Waals surface area (Å²) >= 11 is 0. The molecule has 1 aliphatic carbocycles. The molecule has 0 fully saturated rings. The van der Waals surface area contributed by atoms with Crippen LogP contribution in [0.5, 0.6) is 0 Å². The molecule has 0 aliphatic heterocycles. The van der Waals surface area contributed by atoms with Gasteiger partial charge < -0.3 is 5.11 Å². The molecule has 1 N–H and O–H groups in total. The fraction of sp³-hybridized carbons (Fsp3) is 0.0833. The Morgan fingerprint density at radius 2 is 2.29 bits per heavy atom. The van der Waals surface area contributed by atoms with Gasteiger partial charge in [-0.05, 0) is 29.2 Å². The van der Waals surface area contributed by atoms with Crippen molar-refractivity contribution >= 4 is 18.1 Å². The molecule has 0 bridgehead atoms. The zero-order valence-corrected chi connectivity index (χ0v) is 7.60. The average molecular weight is 186 g/mol. The van der Waals surface area contributed by atoms with Crippen molar-refractivity contribution < 1.29 is 9.90 Å². The second-order valence-corrected chi connectivity index (χ2v) is 3.19. The van der Waals surface area contributed by atoms with E-state index >= 15 is 0 Å². The van der Waals surface area contributed by atoms with Gasteiger partial charge in [0.2, 0.25) is 0 Å². The summed E-state index contributed by atoms with van der Waals surface area (Å²) in [6.45, 7) is 0. The SMILES string of the molecule is O=C(O)/C=C/c1cccc2c1CC=C2. The molecule has 1 aromatic carbocycles. The quantitative estimate of drug-likeness (QED) is 0.720. The van der Waals surface area contributed by atoms with Gasteiger partial charge >= 0.3 is 5.97 Å². The molecule has 0 spiro atoms. The van der Waals surface area contributed by atoms with Gasteiger partial charge in [0.05, 0.1) is 0 Å². The third-order valence-corrected chi connectivity index (χ3v) is 2.27. The summed E-state index contributed by atoms with van der Waals surface area (Å²) in [7, 11) is 0. The lowest BCUT2D eigenvalue weighted by Crippen LogP contribution is -1.89. The van der Waals surface area contributed by atoms with Gasteiger partial charge in [-0.3, -0.25) is 0 Å². The summed E-state index contributed by atoms with van der Waals surface area (Å²) in [6.07, 6.45) is 7.87. The van der Waals surface area contributed by atoms with Crippen molar-refractivity contribution in [3.63, 3.8) is 0 Å². The largest absolute Gasteiger partial charge is 0.478 e. The molecule has 0 amide bonds. The van der Waals surface area contributed by atoms with Crippen molar-refractivity contribution in [1.82, 2.24) is 0 Å². The number of allylic oxidation sites excluding steroid dienone is 1. The van der Waals surface area contributed by atoms with Gasteiger partial charge in [-0.1, -0.05) is 30.4 Å². The molecule has 70 valence electrons. The van der Waals surface area contributed by atoms with Crippen LogP contribution in [0.1, 0.15) is 16.7 Å². The van der Waals surface area contributed by atoms with E-state index in [1.54, 1.807) is 6.08 Å². The Morgan fingerprint density at radius 3 is 3.07 bits per heavy atom. The monoisotopic (exact) mass is 186 g/mol. The molecular formula is C12H10O2. The van der Waals surface area contributed by atoms with E-state index in [0.29, 0.717) is 0 Å². The van der Waals surface area contributed by atoms with E-state index in [-0.39, 0.29) is 0 Å². The second-order valence-electron chi connectivity index (χ2n) is 3.19. The highest BCUT2D eigenvalue weighted by atomic mass is 16.4. The molecule has 0 heterocycles. The van der Waals surface area contributed by atoms with E-state index in [1.807, 2.05) is 18.2 Å². The van der Waals surface area contributed by atoms with Crippen LogP contribution in [0.25, 0.3) is 12.2 Å². The first-order chi connectivity index (χ1) is 6.77. The van der Waals surface area contributed by atoms with E-state index in [1.165, 1.54) is 17.2 Å². The van der Waals surface area contributed by atoms with E-state index in [0.717, 1.165) is 12.0 Å². The van der Waals surface area contributed by atoms with Crippen LogP contribution >= 0.6 is 0 Å². The highest BCUT2D eigenvalue weighted by Gasteiger charge is 2.07. The summed E-state index contributed by atoms with van der Waals surface area (Å²) in [5.41, 5.74) is 3.40.